The number of carbonyl (C=O) groups excluding carboxylic acids is 1. The number of rotatable bonds is 5. The van der Waals surface area contributed by atoms with Crippen molar-refractivity contribution in [3.63, 3.8) is 0 Å². The SMILES string of the molecule is C[C@H](N[C@@H](C)c1ccc(Cl)cc1)C(=O)Nc1cccc(Cl)c1. The third-order valence-electron chi connectivity index (χ3n) is 3.36. The van der Waals surface area contributed by atoms with Gasteiger partial charge < -0.3 is 5.32 Å². The topological polar surface area (TPSA) is 41.1 Å². The minimum atomic E-state index is -0.343. The highest BCUT2D eigenvalue weighted by Crippen LogP contribution is 2.18. The van der Waals surface area contributed by atoms with Crippen LogP contribution in [0.25, 0.3) is 0 Å². The molecule has 0 heterocycles. The summed E-state index contributed by atoms with van der Waals surface area (Å²) in [5.41, 5.74) is 1.76. The lowest BCUT2D eigenvalue weighted by molar-refractivity contribution is -0.117. The van der Waals surface area contributed by atoms with Crippen LogP contribution in [0, 0.1) is 0 Å². The van der Waals surface area contributed by atoms with Gasteiger partial charge in [0.2, 0.25) is 5.91 Å². The number of benzene rings is 2. The van der Waals surface area contributed by atoms with Crippen molar-refractivity contribution in [2.45, 2.75) is 25.9 Å². The molecule has 0 saturated carbocycles. The number of anilines is 1. The third-order valence-corrected chi connectivity index (χ3v) is 3.84. The van der Waals surface area contributed by atoms with E-state index in [-0.39, 0.29) is 18.0 Å². The molecule has 0 aliphatic carbocycles. The average Bonchev–Trinajstić information content (AvgIpc) is 2.47. The predicted octanol–water partition coefficient (Wildman–Crippen LogP) is 4.67. The first kappa shape index (κ1) is 16.8. The smallest absolute Gasteiger partial charge is 0.241 e. The molecule has 0 aliphatic rings. The molecule has 0 aliphatic heterocycles. The summed E-state index contributed by atoms with van der Waals surface area (Å²) in [6.45, 7) is 3.83. The quantitative estimate of drug-likeness (QED) is 0.832. The van der Waals surface area contributed by atoms with Crippen molar-refractivity contribution in [2.24, 2.45) is 0 Å². The standard InChI is InChI=1S/C17H18Cl2N2O/c1-11(13-6-8-14(18)9-7-13)20-12(2)17(22)21-16-5-3-4-15(19)10-16/h3-12,20H,1-2H3,(H,21,22)/t11-,12-/m0/s1. The van der Waals surface area contributed by atoms with Gasteiger partial charge in [0, 0.05) is 21.8 Å². The number of nitrogens with one attached hydrogen (secondary N) is 2. The number of carbonyl (C=O) groups is 1. The van der Waals surface area contributed by atoms with Gasteiger partial charge in [-0.1, -0.05) is 41.4 Å². The predicted molar refractivity (Wildman–Crippen MR) is 92.5 cm³/mol. The normalized spacial score (nSPS) is 13.5. The van der Waals surface area contributed by atoms with Crippen LogP contribution < -0.4 is 10.6 Å². The first-order valence-electron chi connectivity index (χ1n) is 7.03. The Balaban J connectivity index is 1.94. The van der Waals surface area contributed by atoms with E-state index in [2.05, 4.69) is 10.6 Å². The molecule has 2 N–H and O–H groups in total. The molecule has 0 bridgehead atoms. The van der Waals surface area contributed by atoms with Crippen LogP contribution in [0.3, 0.4) is 0 Å². The molecule has 0 spiro atoms. The van der Waals surface area contributed by atoms with Gasteiger partial charge in [-0.15, -0.1) is 0 Å². The second-order valence-electron chi connectivity index (χ2n) is 5.16. The zero-order chi connectivity index (χ0) is 16.1. The van der Waals surface area contributed by atoms with E-state index < -0.39 is 0 Å². The van der Waals surface area contributed by atoms with Crippen molar-refractivity contribution in [1.29, 1.82) is 0 Å². The Kier molecular flexibility index (Phi) is 5.83. The van der Waals surface area contributed by atoms with Crippen molar-refractivity contribution in [1.82, 2.24) is 5.32 Å². The lowest BCUT2D eigenvalue weighted by Crippen LogP contribution is -2.39. The molecule has 22 heavy (non-hydrogen) atoms. The van der Waals surface area contributed by atoms with Crippen LogP contribution in [0.1, 0.15) is 25.5 Å². The number of halogens is 2. The van der Waals surface area contributed by atoms with Crippen molar-refractivity contribution in [3.8, 4) is 0 Å². The zero-order valence-corrected chi connectivity index (χ0v) is 13.9. The first-order valence-corrected chi connectivity index (χ1v) is 7.79. The number of hydrogen-bond acceptors (Lipinski definition) is 2. The van der Waals surface area contributed by atoms with Crippen LogP contribution in [-0.4, -0.2) is 11.9 Å². The minimum absolute atomic E-state index is 0.0392. The second kappa shape index (κ2) is 7.63. The van der Waals surface area contributed by atoms with Gasteiger partial charge >= 0.3 is 0 Å². The van der Waals surface area contributed by atoms with Gasteiger partial charge in [-0.3, -0.25) is 10.1 Å². The van der Waals surface area contributed by atoms with Crippen LogP contribution in [0.5, 0.6) is 0 Å². The molecule has 2 rings (SSSR count). The van der Waals surface area contributed by atoms with Crippen molar-refractivity contribution in [2.75, 3.05) is 5.32 Å². The summed E-state index contributed by atoms with van der Waals surface area (Å²) in [7, 11) is 0. The summed E-state index contributed by atoms with van der Waals surface area (Å²) in [4.78, 5) is 12.2. The summed E-state index contributed by atoms with van der Waals surface area (Å²) in [5, 5.41) is 7.39. The Morgan fingerprint density at radius 1 is 1.00 bits per heavy atom. The number of amides is 1. The van der Waals surface area contributed by atoms with Crippen LogP contribution >= 0.6 is 23.2 Å². The van der Waals surface area contributed by atoms with Crippen LogP contribution in [-0.2, 0) is 4.79 Å². The lowest BCUT2D eigenvalue weighted by atomic mass is 10.1. The fourth-order valence-electron chi connectivity index (χ4n) is 2.12. The van der Waals surface area contributed by atoms with Gasteiger partial charge in [-0.25, -0.2) is 0 Å². The fraction of sp³-hybridized carbons (Fsp3) is 0.235. The van der Waals surface area contributed by atoms with E-state index in [0.717, 1.165) is 5.56 Å². The molecular weight excluding hydrogens is 319 g/mol. The van der Waals surface area contributed by atoms with Crippen LogP contribution in [0.2, 0.25) is 10.0 Å². The molecule has 0 aromatic heterocycles. The largest absolute Gasteiger partial charge is 0.325 e. The lowest BCUT2D eigenvalue weighted by Gasteiger charge is -2.20. The molecule has 116 valence electrons. The highest BCUT2D eigenvalue weighted by atomic mass is 35.5. The Labute approximate surface area is 140 Å². The van der Waals surface area contributed by atoms with Crippen molar-refractivity contribution < 1.29 is 4.79 Å². The molecule has 2 aromatic rings. The van der Waals surface area contributed by atoms with E-state index in [9.17, 15) is 4.79 Å². The molecule has 5 heteroatoms. The second-order valence-corrected chi connectivity index (χ2v) is 6.03. The van der Waals surface area contributed by atoms with E-state index in [1.54, 1.807) is 24.3 Å². The molecule has 2 aromatic carbocycles. The van der Waals surface area contributed by atoms with Gasteiger partial charge in [-0.05, 0) is 49.7 Å². The van der Waals surface area contributed by atoms with Gasteiger partial charge in [0.25, 0.3) is 0 Å². The first-order chi connectivity index (χ1) is 10.5. The van der Waals surface area contributed by atoms with E-state index in [0.29, 0.717) is 15.7 Å². The number of hydrogen-bond donors (Lipinski definition) is 2. The van der Waals surface area contributed by atoms with Crippen LogP contribution in [0.15, 0.2) is 48.5 Å². The molecule has 0 fully saturated rings. The van der Waals surface area contributed by atoms with E-state index >= 15 is 0 Å². The molecule has 2 atom stereocenters. The van der Waals surface area contributed by atoms with E-state index in [1.165, 1.54) is 0 Å². The Morgan fingerprint density at radius 3 is 2.32 bits per heavy atom. The molecule has 1 amide bonds. The monoisotopic (exact) mass is 336 g/mol. The van der Waals surface area contributed by atoms with Gasteiger partial charge in [-0.2, -0.15) is 0 Å². The van der Waals surface area contributed by atoms with Crippen LogP contribution in [0.4, 0.5) is 5.69 Å². The fourth-order valence-corrected chi connectivity index (χ4v) is 2.43. The maximum absolute atomic E-state index is 12.2. The molecule has 0 saturated heterocycles. The highest BCUT2D eigenvalue weighted by molar-refractivity contribution is 6.31. The van der Waals surface area contributed by atoms with Gasteiger partial charge in [0.05, 0.1) is 6.04 Å². The summed E-state index contributed by atoms with van der Waals surface area (Å²) < 4.78 is 0. The maximum Gasteiger partial charge on any atom is 0.241 e. The Bertz CT molecular complexity index is 643. The summed E-state index contributed by atoms with van der Waals surface area (Å²) in [6, 6.07) is 14.4. The molecule has 0 unspecified atom stereocenters. The van der Waals surface area contributed by atoms with E-state index in [4.69, 9.17) is 23.2 Å². The zero-order valence-electron chi connectivity index (χ0n) is 12.4. The summed E-state index contributed by atoms with van der Waals surface area (Å²) in [6.07, 6.45) is 0. The Morgan fingerprint density at radius 2 is 1.68 bits per heavy atom. The maximum atomic E-state index is 12.2. The van der Waals surface area contributed by atoms with Crippen molar-refractivity contribution in [3.05, 3.63) is 64.1 Å². The Hall–Kier alpha value is -1.55. The minimum Gasteiger partial charge on any atom is -0.325 e. The molecular formula is C17H18Cl2N2O. The van der Waals surface area contributed by atoms with E-state index in [1.807, 2.05) is 38.1 Å². The summed E-state index contributed by atoms with van der Waals surface area (Å²) >= 11 is 11.8. The molecule has 3 nitrogen and oxygen atoms in total. The molecule has 0 radical (unpaired) electrons. The van der Waals surface area contributed by atoms with Gasteiger partial charge in [0.1, 0.15) is 0 Å². The third kappa shape index (κ3) is 4.73. The average molecular weight is 337 g/mol. The summed E-state index contributed by atoms with van der Waals surface area (Å²) in [5.74, 6) is -0.108. The van der Waals surface area contributed by atoms with Gasteiger partial charge in [0.15, 0.2) is 0 Å². The highest BCUT2D eigenvalue weighted by Gasteiger charge is 2.16. The van der Waals surface area contributed by atoms with Crippen molar-refractivity contribution >= 4 is 34.8 Å².